The molecule has 5 nitrogen and oxygen atoms in total. The summed E-state index contributed by atoms with van der Waals surface area (Å²) in [7, 11) is 0. The third kappa shape index (κ3) is 4.77. The minimum Gasteiger partial charge on any atom is -0.476 e. The van der Waals surface area contributed by atoms with Crippen molar-refractivity contribution in [2.45, 2.75) is 57.7 Å². The van der Waals surface area contributed by atoms with Crippen molar-refractivity contribution in [1.82, 2.24) is 5.32 Å². The summed E-state index contributed by atoms with van der Waals surface area (Å²) in [5.74, 6) is 0.379. The highest BCUT2D eigenvalue weighted by Gasteiger charge is 2.40. The van der Waals surface area contributed by atoms with Gasteiger partial charge in [-0.1, -0.05) is 23.2 Å². The second-order valence-electron chi connectivity index (χ2n) is 7.08. The Morgan fingerprint density at radius 3 is 2.50 bits per heavy atom. The number of nitrogens with zero attached hydrogens (tertiary/aromatic N) is 1. The van der Waals surface area contributed by atoms with Gasteiger partial charge in [0.2, 0.25) is 5.90 Å². The van der Waals surface area contributed by atoms with Gasteiger partial charge in [0, 0.05) is 22.9 Å². The molecule has 0 saturated heterocycles. The molecule has 1 heterocycles. The molecule has 2 unspecified atom stereocenters. The number of ether oxygens (including phenoxy) is 1. The molecule has 0 spiro atoms. The fraction of sp³-hybridized carbons (Fsp3) is 0.529. The largest absolute Gasteiger partial charge is 0.476 e. The van der Waals surface area contributed by atoms with Crippen LogP contribution in [0, 0.1) is 0 Å². The Morgan fingerprint density at radius 1 is 1.42 bits per heavy atom. The SMILES string of the molecule is CC1CC(C)(C)N=C(C(C)(Cc2cc(Cl)cc(Cl)c2)NC(=O)O)O1. The van der Waals surface area contributed by atoms with Crippen LogP contribution in [0.25, 0.3) is 0 Å². The average Bonchev–Trinajstić information content (AvgIpc) is 2.33. The van der Waals surface area contributed by atoms with Crippen LogP contribution in [0.1, 0.15) is 39.7 Å². The van der Waals surface area contributed by atoms with Crippen LogP contribution in [-0.4, -0.2) is 34.3 Å². The molecule has 1 aliphatic rings. The topological polar surface area (TPSA) is 70.9 Å². The van der Waals surface area contributed by atoms with E-state index in [4.69, 9.17) is 27.9 Å². The summed E-state index contributed by atoms with van der Waals surface area (Å²) in [6, 6.07) is 5.15. The van der Waals surface area contributed by atoms with Gasteiger partial charge >= 0.3 is 6.09 Å². The van der Waals surface area contributed by atoms with E-state index >= 15 is 0 Å². The predicted octanol–water partition coefficient (Wildman–Crippen LogP) is 4.55. The second kappa shape index (κ2) is 6.81. The van der Waals surface area contributed by atoms with E-state index in [9.17, 15) is 9.90 Å². The Balaban J connectivity index is 2.42. The Labute approximate surface area is 152 Å². The van der Waals surface area contributed by atoms with Crippen molar-refractivity contribution in [2.24, 2.45) is 4.99 Å². The summed E-state index contributed by atoms with van der Waals surface area (Å²) in [6.07, 6.45) is -0.109. The third-order valence-corrected chi connectivity index (χ3v) is 4.28. The molecule has 24 heavy (non-hydrogen) atoms. The van der Waals surface area contributed by atoms with Crippen LogP contribution < -0.4 is 5.32 Å². The molecule has 0 saturated carbocycles. The van der Waals surface area contributed by atoms with Crippen LogP contribution in [0.4, 0.5) is 4.79 Å². The maximum atomic E-state index is 11.4. The fourth-order valence-corrected chi connectivity index (χ4v) is 3.64. The van der Waals surface area contributed by atoms with Gasteiger partial charge in [0.25, 0.3) is 0 Å². The van der Waals surface area contributed by atoms with Crippen molar-refractivity contribution >= 4 is 35.2 Å². The first-order valence-electron chi connectivity index (χ1n) is 7.72. The summed E-state index contributed by atoms with van der Waals surface area (Å²) < 4.78 is 5.88. The van der Waals surface area contributed by atoms with Gasteiger partial charge in [0.15, 0.2) is 0 Å². The molecule has 0 aromatic heterocycles. The van der Waals surface area contributed by atoms with Gasteiger partial charge in [-0.2, -0.15) is 0 Å². The number of hydrogen-bond donors (Lipinski definition) is 2. The van der Waals surface area contributed by atoms with Crippen LogP contribution in [0.15, 0.2) is 23.2 Å². The molecule has 0 bridgehead atoms. The lowest BCUT2D eigenvalue weighted by molar-refractivity contribution is 0.120. The van der Waals surface area contributed by atoms with E-state index in [1.165, 1.54) is 0 Å². The first-order chi connectivity index (χ1) is 11.0. The first kappa shape index (κ1) is 18.9. The molecule has 2 rings (SSSR count). The standard InChI is InChI=1S/C17H22Cl2N2O3/c1-10-8-16(2,3)20-14(24-10)17(4,21-15(22)23)9-11-5-12(18)7-13(19)6-11/h5-7,10,21H,8-9H2,1-4H3,(H,22,23). The second-order valence-corrected chi connectivity index (χ2v) is 7.95. The molecule has 2 atom stereocenters. The summed E-state index contributed by atoms with van der Waals surface area (Å²) in [4.78, 5) is 16.0. The molecular formula is C17H22Cl2N2O3. The molecule has 1 aromatic rings. The van der Waals surface area contributed by atoms with Crippen molar-refractivity contribution in [1.29, 1.82) is 0 Å². The number of benzene rings is 1. The number of amides is 1. The van der Waals surface area contributed by atoms with Crippen LogP contribution in [0.3, 0.4) is 0 Å². The van der Waals surface area contributed by atoms with Gasteiger partial charge < -0.3 is 15.2 Å². The maximum Gasteiger partial charge on any atom is 0.405 e. The first-order valence-corrected chi connectivity index (χ1v) is 8.48. The monoisotopic (exact) mass is 372 g/mol. The smallest absolute Gasteiger partial charge is 0.405 e. The van der Waals surface area contributed by atoms with Gasteiger partial charge in [-0.3, -0.25) is 0 Å². The zero-order valence-corrected chi connectivity index (χ0v) is 15.7. The molecule has 0 radical (unpaired) electrons. The molecule has 0 fully saturated rings. The number of rotatable bonds is 4. The van der Waals surface area contributed by atoms with Gasteiger partial charge in [0.1, 0.15) is 5.54 Å². The molecule has 0 aliphatic carbocycles. The zero-order valence-electron chi connectivity index (χ0n) is 14.2. The minimum atomic E-state index is -1.15. The van der Waals surface area contributed by atoms with E-state index < -0.39 is 11.6 Å². The summed E-state index contributed by atoms with van der Waals surface area (Å²) in [5, 5.41) is 12.8. The summed E-state index contributed by atoms with van der Waals surface area (Å²) >= 11 is 12.1. The van der Waals surface area contributed by atoms with Crippen LogP contribution in [0.5, 0.6) is 0 Å². The Morgan fingerprint density at radius 2 is 2.00 bits per heavy atom. The Hall–Kier alpha value is -1.46. The lowest BCUT2D eigenvalue weighted by atomic mass is 9.89. The molecule has 7 heteroatoms. The molecule has 132 valence electrons. The van der Waals surface area contributed by atoms with E-state index in [0.717, 1.165) is 12.0 Å². The van der Waals surface area contributed by atoms with E-state index in [-0.39, 0.29) is 11.6 Å². The lowest BCUT2D eigenvalue weighted by Crippen LogP contribution is -2.57. The molecule has 1 amide bonds. The number of carboxylic acid groups (broad SMARTS) is 1. The summed E-state index contributed by atoms with van der Waals surface area (Å²) in [6.45, 7) is 7.71. The van der Waals surface area contributed by atoms with Gasteiger partial charge in [-0.15, -0.1) is 0 Å². The van der Waals surface area contributed by atoms with Gasteiger partial charge in [-0.25, -0.2) is 9.79 Å². The van der Waals surface area contributed by atoms with Crippen LogP contribution in [0.2, 0.25) is 10.0 Å². The highest BCUT2D eigenvalue weighted by Crippen LogP contribution is 2.30. The van der Waals surface area contributed by atoms with E-state index in [0.29, 0.717) is 22.4 Å². The zero-order chi connectivity index (χ0) is 18.1. The minimum absolute atomic E-state index is 0.0506. The molecule has 2 N–H and O–H groups in total. The third-order valence-electron chi connectivity index (χ3n) is 3.84. The van der Waals surface area contributed by atoms with Gasteiger partial charge in [-0.05, 0) is 51.5 Å². The van der Waals surface area contributed by atoms with E-state index in [2.05, 4.69) is 10.3 Å². The number of aliphatic imine (C=N–C) groups is 1. The molecule has 1 aromatic carbocycles. The van der Waals surface area contributed by atoms with E-state index in [1.807, 2.05) is 20.8 Å². The number of nitrogens with one attached hydrogen (secondary N) is 1. The molecule has 1 aliphatic heterocycles. The van der Waals surface area contributed by atoms with Crippen molar-refractivity contribution in [3.8, 4) is 0 Å². The summed E-state index contributed by atoms with van der Waals surface area (Å²) in [5.41, 5.74) is -0.544. The predicted molar refractivity (Wildman–Crippen MR) is 96.4 cm³/mol. The van der Waals surface area contributed by atoms with Gasteiger partial charge in [0.05, 0.1) is 11.6 Å². The van der Waals surface area contributed by atoms with Crippen molar-refractivity contribution < 1.29 is 14.6 Å². The Bertz CT molecular complexity index is 656. The lowest BCUT2D eigenvalue weighted by Gasteiger charge is -2.39. The van der Waals surface area contributed by atoms with Crippen LogP contribution >= 0.6 is 23.2 Å². The van der Waals surface area contributed by atoms with Crippen molar-refractivity contribution in [2.75, 3.05) is 0 Å². The van der Waals surface area contributed by atoms with Crippen molar-refractivity contribution in [3.05, 3.63) is 33.8 Å². The maximum absolute atomic E-state index is 11.4. The number of halogens is 2. The highest BCUT2D eigenvalue weighted by atomic mass is 35.5. The number of hydrogen-bond acceptors (Lipinski definition) is 3. The highest BCUT2D eigenvalue weighted by molar-refractivity contribution is 6.34. The normalized spacial score (nSPS) is 22.1. The fourth-order valence-electron chi connectivity index (χ4n) is 3.07. The van der Waals surface area contributed by atoms with E-state index in [1.54, 1.807) is 25.1 Å². The van der Waals surface area contributed by atoms with Crippen LogP contribution in [-0.2, 0) is 11.2 Å². The average molecular weight is 373 g/mol. The quantitative estimate of drug-likeness (QED) is 0.814. The molecular weight excluding hydrogens is 351 g/mol. The van der Waals surface area contributed by atoms with Crippen molar-refractivity contribution in [3.63, 3.8) is 0 Å². The Kier molecular flexibility index (Phi) is 5.35. The number of carbonyl (C=O) groups is 1.